The number of allylic oxidation sites excluding steroid dienone is 2. The summed E-state index contributed by atoms with van der Waals surface area (Å²) < 4.78 is 0. The Balaban J connectivity index is 1.34. The molecule has 32 heavy (non-hydrogen) atoms. The number of para-hydroxylation sites is 1. The Hall–Kier alpha value is -3.04. The molecule has 0 saturated carbocycles. The van der Waals surface area contributed by atoms with E-state index < -0.39 is 0 Å². The number of amides is 1. The molecule has 1 N–H and O–H groups in total. The average Bonchev–Trinajstić information content (AvgIpc) is 3.33. The zero-order chi connectivity index (χ0) is 21.7. The van der Waals surface area contributed by atoms with Gasteiger partial charge < -0.3 is 10.2 Å². The molecule has 2 heterocycles. The number of hydrogen-bond acceptors (Lipinski definition) is 2. The number of benzene rings is 3. The van der Waals surface area contributed by atoms with E-state index in [-0.39, 0.29) is 11.9 Å². The fraction of sp³-hybridized carbons (Fsp3) is 0.250. The van der Waals surface area contributed by atoms with Crippen LogP contribution >= 0.6 is 11.6 Å². The van der Waals surface area contributed by atoms with E-state index in [0.29, 0.717) is 11.8 Å². The van der Waals surface area contributed by atoms with E-state index in [2.05, 4.69) is 59.9 Å². The number of carbonyl (C=O) groups excluding carboxylic acids is 1. The summed E-state index contributed by atoms with van der Waals surface area (Å²) >= 11 is 6.12. The summed E-state index contributed by atoms with van der Waals surface area (Å²) in [5.41, 5.74) is 6.69. The van der Waals surface area contributed by atoms with Crippen LogP contribution in [0.1, 0.15) is 51.8 Å². The molecule has 1 aliphatic carbocycles. The number of carbonyl (C=O) groups is 1. The number of fused-ring (bicyclic) bond motifs is 4. The molecule has 6 rings (SSSR count). The van der Waals surface area contributed by atoms with Gasteiger partial charge in [-0.05, 0) is 78.3 Å². The summed E-state index contributed by atoms with van der Waals surface area (Å²) in [6.45, 7) is 0.774. The van der Waals surface area contributed by atoms with E-state index >= 15 is 0 Å². The SMILES string of the molecule is O=C(c1ccc2c(c1)[C@H]1C=CC[C@H]1[C@@H](c1ccc(Cl)cc1)N2)N1CCCc2ccccc21. The second-order valence-electron chi connectivity index (χ2n) is 9.02. The minimum Gasteiger partial charge on any atom is -0.378 e. The van der Waals surface area contributed by atoms with Gasteiger partial charge in [0, 0.05) is 34.4 Å². The lowest BCUT2D eigenvalue weighted by Crippen LogP contribution is -2.36. The van der Waals surface area contributed by atoms with Crippen molar-refractivity contribution < 1.29 is 4.79 Å². The van der Waals surface area contributed by atoms with Crippen LogP contribution in [0.25, 0.3) is 0 Å². The van der Waals surface area contributed by atoms with Gasteiger partial charge in [-0.15, -0.1) is 0 Å². The standard InChI is InChI=1S/C28H25ClN2O/c29-21-13-10-19(11-14-21)27-23-8-3-7-22(23)24-17-20(12-15-25(24)30-27)28(32)31-16-4-6-18-5-1-2-9-26(18)31/h1-3,5,7,9-15,17,22-23,27,30H,4,6,8,16H2/t22-,23+,27+/m0/s1. The summed E-state index contributed by atoms with van der Waals surface area (Å²) in [5, 5.41) is 4.52. The Labute approximate surface area is 193 Å². The molecule has 2 aliphatic heterocycles. The van der Waals surface area contributed by atoms with Crippen LogP contribution in [0.3, 0.4) is 0 Å². The number of nitrogens with one attached hydrogen (secondary N) is 1. The van der Waals surface area contributed by atoms with Crippen LogP contribution in [-0.2, 0) is 6.42 Å². The predicted octanol–water partition coefficient (Wildman–Crippen LogP) is 6.76. The van der Waals surface area contributed by atoms with E-state index in [1.165, 1.54) is 16.7 Å². The summed E-state index contributed by atoms with van der Waals surface area (Å²) in [6.07, 6.45) is 7.67. The Bertz CT molecular complexity index is 1220. The fourth-order valence-electron chi connectivity index (χ4n) is 5.63. The summed E-state index contributed by atoms with van der Waals surface area (Å²) in [6, 6.07) is 22.9. The van der Waals surface area contributed by atoms with Gasteiger partial charge in [-0.2, -0.15) is 0 Å². The van der Waals surface area contributed by atoms with Crippen molar-refractivity contribution in [1.82, 2.24) is 0 Å². The third-order valence-electron chi connectivity index (χ3n) is 7.19. The molecule has 1 amide bonds. The number of anilines is 2. The molecule has 3 aliphatic rings. The van der Waals surface area contributed by atoms with Gasteiger partial charge in [0.2, 0.25) is 0 Å². The minimum absolute atomic E-state index is 0.0956. The van der Waals surface area contributed by atoms with Gasteiger partial charge in [-0.1, -0.05) is 54.1 Å². The number of nitrogens with zero attached hydrogens (tertiary/aromatic N) is 1. The van der Waals surface area contributed by atoms with Crippen molar-refractivity contribution >= 4 is 28.9 Å². The Morgan fingerprint density at radius 1 is 1.03 bits per heavy atom. The highest BCUT2D eigenvalue weighted by Gasteiger charge is 2.38. The maximum Gasteiger partial charge on any atom is 0.258 e. The van der Waals surface area contributed by atoms with Crippen LogP contribution in [0.15, 0.2) is 78.9 Å². The Morgan fingerprint density at radius 2 is 1.88 bits per heavy atom. The molecular weight excluding hydrogens is 416 g/mol. The van der Waals surface area contributed by atoms with E-state index in [0.717, 1.165) is 47.8 Å². The van der Waals surface area contributed by atoms with Gasteiger partial charge in [-0.25, -0.2) is 0 Å². The monoisotopic (exact) mass is 440 g/mol. The highest BCUT2D eigenvalue weighted by atomic mass is 35.5. The van der Waals surface area contributed by atoms with Crippen molar-refractivity contribution in [2.24, 2.45) is 5.92 Å². The van der Waals surface area contributed by atoms with Crippen LogP contribution in [-0.4, -0.2) is 12.5 Å². The van der Waals surface area contributed by atoms with E-state index in [9.17, 15) is 4.79 Å². The molecule has 3 aromatic carbocycles. The van der Waals surface area contributed by atoms with Crippen LogP contribution in [0.5, 0.6) is 0 Å². The van der Waals surface area contributed by atoms with Crippen LogP contribution in [0.2, 0.25) is 5.02 Å². The number of halogens is 1. The minimum atomic E-state index is 0.0956. The Kier molecular flexibility index (Phi) is 4.80. The van der Waals surface area contributed by atoms with Crippen molar-refractivity contribution in [3.63, 3.8) is 0 Å². The van der Waals surface area contributed by atoms with Crippen molar-refractivity contribution in [3.05, 3.63) is 106 Å². The number of aryl methyl sites for hydroxylation is 1. The fourth-order valence-corrected chi connectivity index (χ4v) is 5.75. The molecule has 3 nitrogen and oxygen atoms in total. The third-order valence-corrected chi connectivity index (χ3v) is 7.45. The molecule has 3 atom stereocenters. The molecule has 4 heteroatoms. The lowest BCUT2D eigenvalue weighted by atomic mass is 9.76. The molecule has 0 fully saturated rings. The maximum absolute atomic E-state index is 13.5. The molecule has 0 aromatic heterocycles. The van der Waals surface area contributed by atoms with Gasteiger partial charge >= 0.3 is 0 Å². The first-order valence-corrected chi connectivity index (χ1v) is 11.8. The van der Waals surface area contributed by atoms with Crippen molar-refractivity contribution in [3.8, 4) is 0 Å². The third kappa shape index (κ3) is 3.23. The van der Waals surface area contributed by atoms with E-state index in [1.54, 1.807) is 0 Å². The van der Waals surface area contributed by atoms with Crippen molar-refractivity contribution in [1.29, 1.82) is 0 Å². The molecule has 0 spiro atoms. The zero-order valence-corrected chi connectivity index (χ0v) is 18.6. The lowest BCUT2D eigenvalue weighted by Gasteiger charge is -2.38. The van der Waals surface area contributed by atoms with E-state index in [1.807, 2.05) is 29.2 Å². The average molecular weight is 441 g/mol. The highest BCUT2D eigenvalue weighted by Crippen LogP contribution is 2.50. The molecule has 0 bridgehead atoms. The maximum atomic E-state index is 13.5. The Morgan fingerprint density at radius 3 is 2.75 bits per heavy atom. The topological polar surface area (TPSA) is 32.3 Å². The summed E-state index contributed by atoms with van der Waals surface area (Å²) in [5.74, 6) is 0.844. The van der Waals surface area contributed by atoms with Gasteiger partial charge in [-0.3, -0.25) is 4.79 Å². The lowest BCUT2D eigenvalue weighted by molar-refractivity contribution is 0.0985. The van der Waals surface area contributed by atoms with Gasteiger partial charge in [0.25, 0.3) is 5.91 Å². The first-order chi connectivity index (χ1) is 15.7. The molecule has 160 valence electrons. The largest absolute Gasteiger partial charge is 0.378 e. The van der Waals surface area contributed by atoms with Crippen LogP contribution in [0, 0.1) is 5.92 Å². The highest BCUT2D eigenvalue weighted by molar-refractivity contribution is 6.30. The van der Waals surface area contributed by atoms with Crippen molar-refractivity contribution in [2.45, 2.75) is 31.2 Å². The number of rotatable bonds is 2. The molecule has 0 saturated heterocycles. The second kappa shape index (κ2) is 7.83. The predicted molar refractivity (Wildman–Crippen MR) is 131 cm³/mol. The van der Waals surface area contributed by atoms with E-state index in [4.69, 9.17) is 11.6 Å². The number of hydrogen-bond donors (Lipinski definition) is 1. The molecule has 3 aromatic rings. The van der Waals surface area contributed by atoms with Crippen LogP contribution < -0.4 is 10.2 Å². The molecule has 0 unspecified atom stereocenters. The summed E-state index contributed by atoms with van der Waals surface area (Å²) in [7, 11) is 0. The first kappa shape index (κ1) is 19.6. The van der Waals surface area contributed by atoms with Gasteiger partial charge in [0.15, 0.2) is 0 Å². The molecular formula is C28H25ClN2O. The second-order valence-corrected chi connectivity index (χ2v) is 9.45. The quantitative estimate of drug-likeness (QED) is 0.446. The smallest absolute Gasteiger partial charge is 0.258 e. The normalized spacial score (nSPS) is 23.2. The van der Waals surface area contributed by atoms with Gasteiger partial charge in [0.1, 0.15) is 0 Å². The summed E-state index contributed by atoms with van der Waals surface area (Å²) in [4.78, 5) is 15.5. The van der Waals surface area contributed by atoms with Gasteiger partial charge in [0.05, 0.1) is 6.04 Å². The van der Waals surface area contributed by atoms with Crippen molar-refractivity contribution in [2.75, 3.05) is 16.8 Å². The van der Waals surface area contributed by atoms with Crippen LogP contribution in [0.4, 0.5) is 11.4 Å². The molecule has 0 radical (unpaired) electrons. The zero-order valence-electron chi connectivity index (χ0n) is 17.8. The first-order valence-electron chi connectivity index (χ1n) is 11.4.